The minimum Gasteiger partial charge on any atom is -0.314 e. The Morgan fingerprint density at radius 3 is 2.43 bits per heavy atom. The lowest BCUT2D eigenvalue weighted by molar-refractivity contribution is 0.182. The zero-order valence-corrected chi connectivity index (χ0v) is 14.3. The van der Waals surface area contributed by atoms with Gasteiger partial charge in [-0.1, -0.05) is 58.3 Å². The highest BCUT2D eigenvalue weighted by molar-refractivity contribution is 4.90. The van der Waals surface area contributed by atoms with Crippen LogP contribution in [0.2, 0.25) is 0 Å². The third-order valence-electron chi connectivity index (χ3n) is 5.62. The predicted octanol–water partition coefficient (Wildman–Crippen LogP) is 4.64. The van der Waals surface area contributed by atoms with Gasteiger partial charge in [-0.2, -0.15) is 0 Å². The van der Waals surface area contributed by atoms with E-state index in [1.165, 1.54) is 96.6 Å². The maximum atomic E-state index is 3.92. The summed E-state index contributed by atoms with van der Waals surface area (Å²) < 4.78 is 0. The van der Waals surface area contributed by atoms with Crippen molar-refractivity contribution in [1.82, 2.24) is 10.6 Å². The molecule has 0 spiro atoms. The summed E-state index contributed by atoms with van der Waals surface area (Å²) in [5.41, 5.74) is 0. The topological polar surface area (TPSA) is 24.1 Å². The van der Waals surface area contributed by atoms with Crippen LogP contribution in [0.3, 0.4) is 0 Å². The van der Waals surface area contributed by atoms with Gasteiger partial charge in [0, 0.05) is 12.1 Å². The van der Waals surface area contributed by atoms with Crippen LogP contribution in [-0.2, 0) is 0 Å². The number of nitrogens with one attached hydrogen (secondary N) is 2. The van der Waals surface area contributed by atoms with E-state index in [9.17, 15) is 0 Å². The van der Waals surface area contributed by atoms with Gasteiger partial charge in [0.1, 0.15) is 0 Å². The molecule has 2 N–H and O–H groups in total. The average Bonchev–Trinajstić information content (AvgIpc) is 2.55. The van der Waals surface area contributed by atoms with Crippen LogP contribution in [-0.4, -0.2) is 25.2 Å². The van der Waals surface area contributed by atoms with Gasteiger partial charge in [-0.25, -0.2) is 0 Å². The lowest BCUT2D eigenvalue weighted by Crippen LogP contribution is -2.50. The molecule has 1 saturated carbocycles. The summed E-state index contributed by atoms with van der Waals surface area (Å²) in [6, 6.07) is 1.60. The fraction of sp³-hybridized carbons (Fsp3) is 1.00. The van der Waals surface area contributed by atoms with Gasteiger partial charge in [0.15, 0.2) is 0 Å². The summed E-state index contributed by atoms with van der Waals surface area (Å²) in [4.78, 5) is 0. The Morgan fingerprint density at radius 1 is 0.857 bits per heavy atom. The Bertz CT molecular complexity index is 248. The zero-order chi connectivity index (χ0) is 14.8. The number of hydrogen-bond acceptors (Lipinski definition) is 2. The molecule has 2 heteroatoms. The fourth-order valence-electron chi connectivity index (χ4n) is 4.33. The van der Waals surface area contributed by atoms with E-state index in [-0.39, 0.29) is 0 Å². The third-order valence-corrected chi connectivity index (χ3v) is 5.62. The van der Waals surface area contributed by atoms with E-state index < -0.39 is 0 Å². The molecule has 1 aliphatic heterocycles. The third kappa shape index (κ3) is 6.28. The Labute approximate surface area is 132 Å². The average molecular weight is 295 g/mol. The molecule has 3 atom stereocenters. The van der Waals surface area contributed by atoms with Crippen molar-refractivity contribution in [3.63, 3.8) is 0 Å². The highest BCUT2D eigenvalue weighted by Crippen LogP contribution is 2.30. The minimum absolute atomic E-state index is 0.796. The molecule has 21 heavy (non-hydrogen) atoms. The maximum absolute atomic E-state index is 3.92. The van der Waals surface area contributed by atoms with Crippen molar-refractivity contribution >= 4 is 0 Å². The van der Waals surface area contributed by atoms with Gasteiger partial charge in [-0.3, -0.25) is 0 Å². The van der Waals surface area contributed by atoms with Gasteiger partial charge in [-0.15, -0.1) is 0 Å². The van der Waals surface area contributed by atoms with Crippen molar-refractivity contribution in [1.29, 1.82) is 0 Å². The summed E-state index contributed by atoms with van der Waals surface area (Å²) in [6.07, 6.45) is 18.5. The largest absolute Gasteiger partial charge is 0.314 e. The number of hydrogen-bond donors (Lipinski definition) is 2. The van der Waals surface area contributed by atoms with Crippen LogP contribution in [0.15, 0.2) is 0 Å². The van der Waals surface area contributed by atoms with Crippen LogP contribution >= 0.6 is 0 Å². The lowest BCUT2D eigenvalue weighted by atomic mass is 9.77. The van der Waals surface area contributed by atoms with E-state index in [1.54, 1.807) is 0 Å². The van der Waals surface area contributed by atoms with E-state index in [1.807, 2.05) is 0 Å². The first-order valence-corrected chi connectivity index (χ1v) is 9.88. The Hall–Kier alpha value is -0.0800. The molecule has 2 nitrogen and oxygen atoms in total. The zero-order valence-electron chi connectivity index (χ0n) is 14.3. The second-order valence-electron chi connectivity index (χ2n) is 7.33. The molecule has 2 fully saturated rings. The van der Waals surface area contributed by atoms with Crippen LogP contribution in [0.1, 0.15) is 90.4 Å². The molecule has 2 aliphatic rings. The van der Waals surface area contributed by atoms with Crippen molar-refractivity contribution in [2.24, 2.45) is 5.92 Å². The van der Waals surface area contributed by atoms with Crippen LogP contribution in [0, 0.1) is 5.92 Å². The van der Waals surface area contributed by atoms with Crippen molar-refractivity contribution < 1.29 is 0 Å². The second-order valence-corrected chi connectivity index (χ2v) is 7.33. The quantitative estimate of drug-likeness (QED) is 0.605. The van der Waals surface area contributed by atoms with E-state index in [4.69, 9.17) is 0 Å². The molecule has 1 saturated heterocycles. The molecule has 124 valence electrons. The number of rotatable bonds is 9. The smallest absolute Gasteiger partial charge is 0.0110 e. The standard InChI is InChI=1S/C19H38N2/c1-2-3-4-5-6-10-15-20-18-13-8-7-12-17(18)19-14-9-11-16-21-19/h17-21H,2-16H2,1H3. The Balaban J connectivity index is 1.62. The van der Waals surface area contributed by atoms with Crippen LogP contribution < -0.4 is 10.6 Å². The maximum Gasteiger partial charge on any atom is 0.0110 e. The first-order valence-electron chi connectivity index (χ1n) is 9.88. The molecule has 1 heterocycles. The molecule has 0 aromatic carbocycles. The van der Waals surface area contributed by atoms with Gasteiger partial charge >= 0.3 is 0 Å². The van der Waals surface area contributed by atoms with Crippen molar-refractivity contribution in [2.75, 3.05) is 13.1 Å². The first kappa shape index (κ1) is 17.3. The molecule has 2 rings (SSSR count). The van der Waals surface area contributed by atoms with Crippen molar-refractivity contribution in [3.8, 4) is 0 Å². The van der Waals surface area contributed by atoms with Gasteiger partial charge in [0.25, 0.3) is 0 Å². The second kappa shape index (κ2) is 10.6. The first-order chi connectivity index (χ1) is 10.4. The van der Waals surface area contributed by atoms with Gasteiger partial charge < -0.3 is 10.6 Å². The normalized spacial score (nSPS) is 30.4. The minimum atomic E-state index is 0.796. The van der Waals surface area contributed by atoms with Crippen LogP contribution in [0.25, 0.3) is 0 Å². The molecular formula is C19H38N2. The summed E-state index contributed by atoms with van der Waals surface area (Å²) in [5.74, 6) is 0.902. The summed E-state index contributed by atoms with van der Waals surface area (Å²) >= 11 is 0. The van der Waals surface area contributed by atoms with Crippen LogP contribution in [0.4, 0.5) is 0 Å². The van der Waals surface area contributed by atoms with Gasteiger partial charge in [0.05, 0.1) is 0 Å². The molecule has 0 amide bonds. The highest BCUT2D eigenvalue weighted by atomic mass is 15.0. The monoisotopic (exact) mass is 294 g/mol. The fourth-order valence-corrected chi connectivity index (χ4v) is 4.33. The van der Waals surface area contributed by atoms with Crippen LogP contribution in [0.5, 0.6) is 0 Å². The highest BCUT2D eigenvalue weighted by Gasteiger charge is 2.31. The lowest BCUT2D eigenvalue weighted by Gasteiger charge is -2.40. The Kier molecular flexibility index (Phi) is 8.73. The SMILES string of the molecule is CCCCCCCCNC1CCCCC1C1CCCCN1. The number of unbranched alkanes of at least 4 members (excludes halogenated alkanes) is 5. The summed E-state index contributed by atoms with van der Waals surface area (Å²) in [5, 5.41) is 7.72. The van der Waals surface area contributed by atoms with Crippen molar-refractivity contribution in [3.05, 3.63) is 0 Å². The molecule has 0 bridgehead atoms. The van der Waals surface area contributed by atoms with E-state index in [0.717, 1.165) is 18.0 Å². The van der Waals surface area contributed by atoms with Gasteiger partial charge in [0.2, 0.25) is 0 Å². The molecule has 1 aliphatic carbocycles. The Morgan fingerprint density at radius 2 is 1.62 bits per heavy atom. The molecule has 0 aromatic heterocycles. The van der Waals surface area contributed by atoms with E-state index >= 15 is 0 Å². The molecule has 0 aromatic rings. The molecule has 3 unspecified atom stereocenters. The predicted molar refractivity (Wildman–Crippen MR) is 92.8 cm³/mol. The van der Waals surface area contributed by atoms with Crippen molar-refractivity contribution in [2.45, 2.75) is 102 Å². The van der Waals surface area contributed by atoms with E-state index in [2.05, 4.69) is 17.6 Å². The molecular weight excluding hydrogens is 256 g/mol. The van der Waals surface area contributed by atoms with Gasteiger partial charge in [-0.05, 0) is 51.1 Å². The summed E-state index contributed by atoms with van der Waals surface area (Å²) in [7, 11) is 0. The number of piperidine rings is 1. The summed E-state index contributed by atoms with van der Waals surface area (Å²) in [6.45, 7) is 4.80. The molecule has 0 radical (unpaired) electrons. The van der Waals surface area contributed by atoms with E-state index in [0.29, 0.717) is 0 Å².